The highest BCUT2D eigenvalue weighted by molar-refractivity contribution is 7.23. The highest BCUT2D eigenvalue weighted by Gasteiger charge is 2.23. The summed E-state index contributed by atoms with van der Waals surface area (Å²) in [4.78, 5) is 24.3. The molecule has 4 nitrogen and oxygen atoms in total. The summed E-state index contributed by atoms with van der Waals surface area (Å²) in [6.45, 7) is 6.38. The summed E-state index contributed by atoms with van der Waals surface area (Å²) in [5, 5.41) is 1.26. The van der Waals surface area contributed by atoms with E-state index in [0.717, 1.165) is 32.6 Å². The Hall–Kier alpha value is -2.76. The second-order valence-electron chi connectivity index (χ2n) is 7.05. The van der Waals surface area contributed by atoms with E-state index in [4.69, 9.17) is 16.6 Å². The summed E-state index contributed by atoms with van der Waals surface area (Å²) in [5.41, 5.74) is 5.52. The minimum Gasteiger partial charge on any atom is -0.278 e. The van der Waals surface area contributed by atoms with Crippen molar-refractivity contribution in [1.82, 2.24) is 9.97 Å². The smallest absolute Gasteiger partial charge is 0.260 e. The molecular formula is C23H20ClN3OS. The Balaban J connectivity index is 1.82. The fourth-order valence-electron chi connectivity index (χ4n) is 3.12. The highest BCUT2D eigenvalue weighted by Crippen LogP contribution is 2.36. The molecule has 0 bridgehead atoms. The van der Waals surface area contributed by atoms with Crippen LogP contribution in [-0.4, -0.2) is 15.9 Å². The number of amides is 1. The number of hydrogen-bond donors (Lipinski definition) is 0. The number of fused-ring (bicyclic) bond motifs is 1. The van der Waals surface area contributed by atoms with Gasteiger partial charge < -0.3 is 0 Å². The van der Waals surface area contributed by atoms with Crippen molar-refractivity contribution in [2.24, 2.45) is 0 Å². The maximum absolute atomic E-state index is 13.5. The number of benzene rings is 2. The van der Waals surface area contributed by atoms with Gasteiger partial charge in [0.1, 0.15) is 0 Å². The molecule has 0 fully saturated rings. The summed E-state index contributed by atoms with van der Waals surface area (Å²) >= 11 is 7.83. The van der Waals surface area contributed by atoms with Crippen LogP contribution >= 0.6 is 22.9 Å². The number of carbonyl (C=O) groups is 1. The minimum atomic E-state index is -0.105. The summed E-state index contributed by atoms with van der Waals surface area (Å²) < 4.78 is 0.889. The molecule has 0 N–H and O–H groups in total. The summed E-state index contributed by atoms with van der Waals surface area (Å²) in [7, 11) is 0. The standard InChI is InChI=1S/C23H20ClN3OS/c1-14-7-9-17(12-16(14)3)22(28)27(13-18-6-4-5-11-25-18)23-26-20-15(2)8-10-19(24)21(20)29-23/h4-12H,13H2,1-3H3. The van der Waals surface area contributed by atoms with Crippen molar-refractivity contribution in [3.8, 4) is 0 Å². The zero-order chi connectivity index (χ0) is 20.5. The Morgan fingerprint density at radius 1 is 1.03 bits per heavy atom. The number of rotatable bonds is 4. The van der Waals surface area contributed by atoms with Gasteiger partial charge in [-0.1, -0.05) is 41.1 Å². The number of anilines is 1. The zero-order valence-electron chi connectivity index (χ0n) is 16.4. The van der Waals surface area contributed by atoms with E-state index < -0.39 is 0 Å². The van der Waals surface area contributed by atoms with Crippen LogP contribution in [0.3, 0.4) is 0 Å². The number of pyridine rings is 1. The van der Waals surface area contributed by atoms with Crippen LogP contribution in [0, 0.1) is 20.8 Å². The van der Waals surface area contributed by atoms with Gasteiger partial charge in [-0.05, 0) is 67.8 Å². The number of carbonyl (C=O) groups excluding carboxylic acids is 1. The summed E-state index contributed by atoms with van der Waals surface area (Å²) in [6.07, 6.45) is 1.73. The van der Waals surface area contributed by atoms with Gasteiger partial charge in [-0.3, -0.25) is 14.7 Å². The molecule has 4 rings (SSSR count). The van der Waals surface area contributed by atoms with E-state index in [1.807, 2.05) is 69.3 Å². The Morgan fingerprint density at radius 2 is 1.83 bits per heavy atom. The molecule has 146 valence electrons. The van der Waals surface area contributed by atoms with E-state index in [1.54, 1.807) is 11.1 Å². The number of halogens is 1. The van der Waals surface area contributed by atoms with Crippen molar-refractivity contribution in [2.45, 2.75) is 27.3 Å². The fraction of sp³-hybridized carbons (Fsp3) is 0.174. The van der Waals surface area contributed by atoms with Gasteiger partial charge in [-0.25, -0.2) is 4.98 Å². The van der Waals surface area contributed by atoms with E-state index in [9.17, 15) is 4.79 Å². The number of hydrogen-bond acceptors (Lipinski definition) is 4. The maximum Gasteiger partial charge on any atom is 0.260 e. The van der Waals surface area contributed by atoms with Crippen molar-refractivity contribution in [2.75, 3.05) is 4.90 Å². The van der Waals surface area contributed by atoms with Crippen molar-refractivity contribution in [3.05, 3.63) is 87.7 Å². The molecule has 0 aliphatic carbocycles. The number of aromatic nitrogens is 2. The molecule has 29 heavy (non-hydrogen) atoms. The highest BCUT2D eigenvalue weighted by atomic mass is 35.5. The predicted molar refractivity (Wildman–Crippen MR) is 120 cm³/mol. The Labute approximate surface area is 178 Å². The Kier molecular flexibility index (Phi) is 5.35. The quantitative estimate of drug-likeness (QED) is 0.399. The Bertz CT molecular complexity index is 1160. The fourth-order valence-corrected chi connectivity index (χ4v) is 4.43. The van der Waals surface area contributed by atoms with Gasteiger partial charge in [0.25, 0.3) is 5.91 Å². The predicted octanol–water partition coefficient (Wildman–Crippen LogP) is 6.12. The third-order valence-corrected chi connectivity index (χ3v) is 6.50. The lowest BCUT2D eigenvalue weighted by molar-refractivity contribution is 0.0984. The third-order valence-electron chi connectivity index (χ3n) is 4.96. The van der Waals surface area contributed by atoms with Gasteiger partial charge in [0.05, 0.1) is 27.5 Å². The maximum atomic E-state index is 13.5. The first-order valence-electron chi connectivity index (χ1n) is 9.28. The zero-order valence-corrected chi connectivity index (χ0v) is 18.0. The van der Waals surface area contributed by atoms with E-state index in [2.05, 4.69) is 4.98 Å². The lowest BCUT2D eigenvalue weighted by Gasteiger charge is -2.20. The second-order valence-corrected chi connectivity index (χ2v) is 8.43. The van der Waals surface area contributed by atoms with Crippen LogP contribution in [0.25, 0.3) is 10.2 Å². The molecule has 4 aromatic rings. The second kappa shape index (κ2) is 7.93. The molecule has 2 aromatic heterocycles. The molecule has 0 saturated carbocycles. The topological polar surface area (TPSA) is 46.1 Å². The first kappa shape index (κ1) is 19.6. The van der Waals surface area contributed by atoms with Crippen LogP contribution in [-0.2, 0) is 6.54 Å². The van der Waals surface area contributed by atoms with Gasteiger partial charge >= 0.3 is 0 Å². The third kappa shape index (κ3) is 3.88. The van der Waals surface area contributed by atoms with Crippen LogP contribution in [0.2, 0.25) is 5.02 Å². The molecule has 0 radical (unpaired) electrons. The van der Waals surface area contributed by atoms with Crippen molar-refractivity contribution in [1.29, 1.82) is 0 Å². The molecule has 0 saturated heterocycles. The largest absolute Gasteiger partial charge is 0.278 e. The molecule has 0 aliphatic rings. The molecule has 6 heteroatoms. The van der Waals surface area contributed by atoms with E-state index in [0.29, 0.717) is 22.3 Å². The minimum absolute atomic E-state index is 0.105. The van der Waals surface area contributed by atoms with E-state index in [1.165, 1.54) is 11.3 Å². The molecule has 0 aliphatic heterocycles. The number of aryl methyl sites for hydroxylation is 3. The molecule has 2 aromatic carbocycles. The van der Waals surface area contributed by atoms with Crippen LogP contribution in [0.5, 0.6) is 0 Å². The van der Waals surface area contributed by atoms with Gasteiger partial charge in [-0.15, -0.1) is 0 Å². The average molecular weight is 422 g/mol. The molecule has 1 amide bonds. The molecule has 2 heterocycles. The monoisotopic (exact) mass is 421 g/mol. The van der Waals surface area contributed by atoms with Crippen LogP contribution in [0.1, 0.15) is 32.7 Å². The lowest BCUT2D eigenvalue weighted by Crippen LogP contribution is -2.30. The van der Waals surface area contributed by atoms with Crippen LogP contribution in [0.4, 0.5) is 5.13 Å². The van der Waals surface area contributed by atoms with Crippen molar-refractivity contribution >= 4 is 44.2 Å². The Morgan fingerprint density at radius 3 is 2.52 bits per heavy atom. The molecule has 0 atom stereocenters. The van der Waals surface area contributed by atoms with Crippen LogP contribution in [0.15, 0.2) is 54.7 Å². The summed E-state index contributed by atoms with van der Waals surface area (Å²) in [6, 6.07) is 15.3. The van der Waals surface area contributed by atoms with E-state index >= 15 is 0 Å². The van der Waals surface area contributed by atoms with Gasteiger partial charge in [0.15, 0.2) is 5.13 Å². The molecular weight excluding hydrogens is 402 g/mol. The van der Waals surface area contributed by atoms with Gasteiger partial charge in [0.2, 0.25) is 0 Å². The first-order chi connectivity index (χ1) is 13.9. The first-order valence-corrected chi connectivity index (χ1v) is 10.5. The normalized spacial score (nSPS) is 11.0. The lowest BCUT2D eigenvalue weighted by atomic mass is 10.1. The van der Waals surface area contributed by atoms with E-state index in [-0.39, 0.29) is 5.91 Å². The van der Waals surface area contributed by atoms with Gasteiger partial charge in [0, 0.05) is 11.8 Å². The SMILES string of the molecule is Cc1ccc(C(=O)N(Cc2ccccn2)c2nc3c(C)ccc(Cl)c3s2)cc1C. The number of thiazole rings is 1. The molecule has 0 spiro atoms. The van der Waals surface area contributed by atoms with Crippen molar-refractivity contribution in [3.63, 3.8) is 0 Å². The summed E-state index contributed by atoms with van der Waals surface area (Å²) in [5.74, 6) is -0.105. The molecule has 0 unspecified atom stereocenters. The van der Waals surface area contributed by atoms with Crippen molar-refractivity contribution < 1.29 is 4.79 Å². The average Bonchev–Trinajstić information content (AvgIpc) is 3.18. The van der Waals surface area contributed by atoms with Crippen LogP contribution < -0.4 is 4.90 Å². The van der Waals surface area contributed by atoms with Gasteiger partial charge in [-0.2, -0.15) is 0 Å². The number of nitrogens with zero attached hydrogens (tertiary/aromatic N) is 3.